The van der Waals surface area contributed by atoms with Gasteiger partial charge in [-0.1, -0.05) is 27.2 Å². The minimum absolute atomic E-state index is 0.0392. The monoisotopic (exact) mass is 508 g/mol. The molecule has 0 aliphatic rings. The molecule has 1 amide bonds. The van der Waals surface area contributed by atoms with E-state index in [0.29, 0.717) is 12.4 Å². The summed E-state index contributed by atoms with van der Waals surface area (Å²) in [5, 5.41) is 7.28. The third kappa shape index (κ3) is 7.16. The molecule has 1 N–H and O–H groups in total. The highest BCUT2D eigenvalue weighted by molar-refractivity contribution is 5.97. The van der Waals surface area contributed by atoms with Crippen LogP contribution in [0.3, 0.4) is 0 Å². The van der Waals surface area contributed by atoms with Gasteiger partial charge in [-0.15, -0.1) is 5.10 Å². The number of rotatable bonds is 14. The summed E-state index contributed by atoms with van der Waals surface area (Å²) in [5.41, 5.74) is -0.576. The molecule has 0 saturated carbocycles. The molecule has 0 aliphatic carbocycles. The first kappa shape index (κ1) is 29.5. The van der Waals surface area contributed by atoms with Gasteiger partial charge in [-0.25, -0.2) is 9.18 Å². The smallest absolute Gasteiger partial charge is 0.350 e. The zero-order valence-electron chi connectivity index (χ0n) is 22.8. The number of aromatic nitrogens is 3. The van der Waals surface area contributed by atoms with Gasteiger partial charge in [0, 0.05) is 25.8 Å². The van der Waals surface area contributed by atoms with Crippen LogP contribution in [0.2, 0.25) is 0 Å². The number of carbonyl (C=O) groups is 1. The maximum Gasteiger partial charge on any atom is 0.350 e. The third-order valence-electron chi connectivity index (χ3n) is 6.04. The van der Waals surface area contributed by atoms with E-state index in [1.54, 1.807) is 20.9 Å². The number of carbonyl (C=O) groups excluding carboxylic acids is 1. The van der Waals surface area contributed by atoms with Crippen LogP contribution in [0.5, 0.6) is 5.75 Å². The summed E-state index contributed by atoms with van der Waals surface area (Å²) in [6.07, 6.45) is 1.83. The Hall–Kier alpha value is -2.72. The molecular weight excluding hydrogens is 467 g/mol. The lowest BCUT2D eigenvalue weighted by Crippen LogP contribution is -2.34. The van der Waals surface area contributed by atoms with Gasteiger partial charge < -0.3 is 19.5 Å². The average Bonchev–Trinajstić information content (AvgIpc) is 3.12. The van der Waals surface area contributed by atoms with Gasteiger partial charge in [-0.2, -0.15) is 4.68 Å². The highest BCUT2D eigenvalue weighted by Gasteiger charge is 2.25. The fourth-order valence-corrected chi connectivity index (χ4v) is 4.00. The predicted octanol–water partition coefficient (Wildman–Crippen LogP) is 4.66. The lowest BCUT2D eigenvalue weighted by Gasteiger charge is -2.20. The van der Waals surface area contributed by atoms with Crippen LogP contribution in [0.15, 0.2) is 16.9 Å². The molecule has 9 nitrogen and oxygen atoms in total. The molecule has 1 heterocycles. The third-order valence-corrected chi connectivity index (χ3v) is 6.04. The molecule has 2 rings (SSSR count). The van der Waals surface area contributed by atoms with Crippen molar-refractivity contribution in [3.8, 4) is 11.4 Å². The van der Waals surface area contributed by atoms with Crippen LogP contribution in [-0.4, -0.2) is 45.3 Å². The van der Waals surface area contributed by atoms with Crippen molar-refractivity contribution < 1.29 is 23.4 Å². The molecule has 0 saturated heterocycles. The molecule has 0 aliphatic heterocycles. The number of benzene rings is 1. The molecule has 3 atom stereocenters. The number of nitrogens with zero attached hydrogens (tertiary/aromatic N) is 3. The summed E-state index contributed by atoms with van der Waals surface area (Å²) in [5.74, 6) is -0.676. The lowest BCUT2D eigenvalue weighted by molar-refractivity contribution is -0.156. The van der Waals surface area contributed by atoms with Crippen molar-refractivity contribution in [2.45, 2.75) is 98.7 Å². The van der Waals surface area contributed by atoms with E-state index in [4.69, 9.17) is 14.2 Å². The van der Waals surface area contributed by atoms with E-state index in [1.165, 1.54) is 10.6 Å². The van der Waals surface area contributed by atoms with Gasteiger partial charge in [0.25, 0.3) is 5.91 Å². The van der Waals surface area contributed by atoms with Gasteiger partial charge in [0.15, 0.2) is 12.1 Å². The summed E-state index contributed by atoms with van der Waals surface area (Å²) < 4.78 is 34.9. The summed E-state index contributed by atoms with van der Waals surface area (Å²) >= 11 is 0. The SMILES string of the molecule is CCC[C@H](C)Oc1cc(-n2nc(C(C)OC(C)OCC)n(C)c2=O)c(F)cc1C(=O)NC(CC)CC. The quantitative estimate of drug-likeness (QED) is 0.373. The van der Waals surface area contributed by atoms with E-state index in [1.807, 2.05) is 34.6 Å². The van der Waals surface area contributed by atoms with E-state index in [2.05, 4.69) is 10.4 Å². The molecule has 1 aromatic heterocycles. The zero-order valence-corrected chi connectivity index (χ0v) is 22.8. The van der Waals surface area contributed by atoms with Crippen LogP contribution in [0, 0.1) is 5.82 Å². The van der Waals surface area contributed by atoms with E-state index in [9.17, 15) is 9.59 Å². The van der Waals surface area contributed by atoms with E-state index < -0.39 is 29.8 Å². The van der Waals surface area contributed by atoms with E-state index in [0.717, 1.165) is 36.4 Å². The molecule has 1 aromatic carbocycles. The molecular formula is C26H41FN4O5. The van der Waals surface area contributed by atoms with Crippen molar-refractivity contribution in [2.75, 3.05) is 6.61 Å². The number of ether oxygens (including phenoxy) is 3. The topological polar surface area (TPSA) is 96.6 Å². The fraction of sp³-hybridized carbons (Fsp3) is 0.654. The van der Waals surface area contributed by atoms with Gasteiger partial charge in [0.2, 0.25) is 0 Å². The van der Waals surface area contributed by atoms with Gasteiger partial charge in [0.1, 0.15) is 23.4 Å². The van der Waals surface area contributed by atoms with Crippen LogP contribution >= 0.6 is 0 Å². The second kappa shape index (κ2) is 13.5. The van der Waals surface area contributed by atoms with Crippen LogP contribution in [0.4, 0.5) is 4.39 Å². The Morgan fingerprint density at radius 1 is 1.14 bits per heavy atom. The normalized spacial score (nSPS) is 14.1. The van der Waals surface area contributed by atoms with Crippen molar-refractivity contribution in [1.29, 1.82) is 0 Å². The highest BCUT2D eigenvalue weighted by atomic mass is 19.1. The largest absolute Gasteiger partial charge is 0.490 e. The van der Waals surface area contributed by atoms with Crippen LogP contribution in [0.25, 0.3) is 5.69 Å². The summed E-state index contributed by atoms with van der Waals surface area (Å²) in [4.78, 5) is 26.1. The Labute approximate surface area is 212 Å². The number of hydrogen-bond acceptors (Lipinski definition) is 6. The molecule has 0 bridgehead atoms. The molecule has 0 fully saturated rings. The summed E-state index contributed by atoms with van der Waals surface area (Å²) in [7, 11) is 1.54. The first-order valence-electron chi connectivity index (χ1n) is 12.8. The van der Waals surface area contributed by atoms with Gasteiger partial charge in [0.05, 0.1) is 11.7 Å². The zero-order chi connectivity index (χ0) is 27.0. The Kier molecular flexibility index (Phi) is 11.1. The Bertz CT molecular complexity index is 1060. The van der Waals surface area contributed by atoms with Crippen LogP contribution in [-0.2, 0) is 16.5 Å². The van der Waals surface area contributed by atoms with Crippen molar-refractivity contribution in [1.82, 2.24) is 19.7 Å². The predicted molar refractivity (Wildman–Crippen MR) is 136 cm³/mol. The first-order valence-corrected chi connectivity index (χ1v) is 12.8. The maximum absolute atomic E-state index is 15.4. The minimum atomic E-state index is -0.761. The summed E-state index contributed by atoms with van der Waals surface area (Å²) in [6.45, 7) is 13.7. The van der Waals surface area contributed by atoms with Gasteiger partial charge in [-0.05, 0) is 53.0 Å². The molecule has 0 spiro atoms. The molecule has 10 heteroatoms. The number of amides is 1. The molecule has 2 unspecified atom stereocenters. The first-order chi connectivity index (χ1) is 17.1. The molecule has 202 valence electrons. The number of hydrogen-bond donors (Lipinski definition) is 1. The van der Waals surface area contributed by atoms with Crippen LogP contribution in [0.1, 0.15) is 96.4 Å². The second-order valence-corrected chi connectivity index (χ2v) is 8.92. The second-order valence-electron chi connectivity index (χ2n) is 8.92. The molecule has 0 radical (unpaired) electrons. The number of halogens is 1. The van der Waals surface area contributed by atoms with E-state index >= 15 is 4.39 Å². The van der Waals surface area contributed by atoms with Gasteiger partial charge in [-0.3, -0.25) is 9.36 Å². The standard InChI is InChI=1S/C26H41FN4O5/c1-9-13-16(5)35-23-15-22(21(27)14-20(23)25(32)28-19(10-2)11-3)31-26(33)30(8)24(29-31)17(6)36-18(7)34-12-4/h14-19H,9-13H2,1-8H3,(H,28,32)/t16-,17?,18?/m0/s1. The summed E-state index contributed by atoms with van der Waals surface area (Å²) in [6, 6.07) is 2.44. The van der Waals surface area contributed by atoms with Crippen molar-refractivity contribution in [3.63, 3.8) is 0 Å². The highest BCUT2D eigenvalue weighted by Crippen LogP contribution is 2.28. The van der Waals surface area contributed by atoms with Crippen molar-refractivity contribution in [3.05, 3.63) is 39.8 Å². The Balaban J connectivity index is 2.54. The fourth-order valence-electron chi connectivity index (χ4n) is 4.00. The van der Waals surface area contributed by atoms with Crippen molar-refractivity contribution in [2.24, 2.45) is 7.05 Å². The number of nitrogens with one attached hydrogen (secondary N) is 1. The molecule has 2 aromatic rings. The van der Waals surface area contributed by atoms with Crippen molar-refractivity contribution >= 4 is 5.91 Å². The Morgan fingerprint density at radius 3 is 2.39 bits per heavy atom. The minimum Gasteiger partial charge on any atom is -0.490 e. The van der Waals surface area contributed by atoms with Gasteiger partial charge >= 0.3 is 5.69 Å². The average molecular weight is 509 g/mol. The molecule has 36 heavy (non-hydrogen) atoms. The van der Waals surface area contributed by atoms with Crippen LogP contribution < -0.4 is 15.7 Å². The maximum atomic E-state index is 15.4. The van der Waals surface area contributed by atoms with E-state index in [-0.39, 0.29) is 29.1 Å². The Morgan fingerprint density at radius 2 is 1.81 bits per heavy atom. The lowest BCUT2D eigenvalue weighted by atomic mass is 10.1.